The predicted molar refractivity (Wildman–Crippen MR) is 55.6 cm³/mol. The van der Waals surface area contributed by atoms with Crippen molar-refractivity contribution in [2.24, 2.45) is 0 Å². The quantitative estimate of drug-likeness (QED) is 0.778. The Bertz CT molecular complexity index is 391. The lowest BCUT2D eigenvalue weighted by atomic mass is 9.85. The molecule has 1 heterocycles. The van der Waals surface area contributed by atoms with Crippen molar-refractivity contribution in [3.8, 4) is 0 Å². The van der Waals surface area contributed by atoms with Crippen molar-refractivity contribution in [2.45, 2.75) is 45.4 Å². The molecule has 1 aliphatic rings. The molecule has 14 heavy (non-hydrogen) atoms. The number of rotatable bonds is 2. The van der Waals surface area contributed by atoms with Crippen LogP contribution in [0.1, 0.15) is 49.2 Å². The summed E-state index contributed by atoms with van der Waals surface area (Å²) in [4.78, 5) is 19.0. The molecule has 2 rings (SSSR count). The van der Waals surface area contributed by atoms with Crippen LogP contribution < -0.4 is 5.56 Å². The summed E-state index contributed by atoms with van der Waals surface area (Å²) in [5.41, 5.74) is 1.79. The third-order valence-electron chi connectivity index (χ3n) is 3.09. The molecule has 1 aromatic rings. The van der Waals surface area contributed by atoms with E-state index in [-0.39, 0.29) is 5.56 Å². The maximum atomic E-state index is 11.6. The minimum absolute atomic E-state index is 0.0573. The van der Waals surface area contributed by atoms with Gasteiger partial charge in [-0.2, -0.15) is 0 Å². The van der Waals surface area contributed by atoms with Gasteiger partial charge in [-0.15, -0.1) is 0 Å². The van der Waals surface area contributed by atoms with Gasteiger partial charge in [-0.25, -0.2) is 4.98 Å². The van der Waals surface area contributed by atoms with Gasteiger partial charge in [0.05, 0.1) is 0 Å². The molecule has 0 saturated heterocycles. The highest BCUT2D eigenvalue weighted by atomic mass is 16.1. The van der Waals surface area contributed by atoms with Gasteiger partial charge < -0.3 is 4.98 Å². The molecule has 76 valence electrons. The van der Waals surface area contributed by atoms with E-state index in [1.807, 2.05) is 13.8 Å². The highest BCUT2D eigenvalue weighted by Gasteiger charge is 2.22. The Balaban J connectivity index is 2.40. The van der Waals surface area contributed by atoms with Crippen molar-refractivity contribution in [3.63, 3.8) is 0 Å². The predicted octanol–water partition coefficient (Wildman–Crippen LogP) is 1.91. The van der Waals surface area contributed by atoms with Crippen molar-refractivity contribution < 1.29 is 0 Å². The summed E-state index contributed by atoms with van der Waals surface area (Å²) in [6.07, 6.45) is 4.38. The van der Waals surface area contributed by atoms with Crippen LogP contribution in [-0.2, 0) is 6.42 Å². The van der Waals surface area contributed by atoms with E-state index in [9.17, 15) is 4.79 Å². The van der Waals surface area contributed by atoms with Crippen LogP contribution >= 0.6 is 0 Å². The fourth-order valence-corrected chi connectivity index (χ4v) is 1.92. The second-order valence-electron chi connectivity index (χ2n) is 4.00. The maximum absolute atomic E-state index is 11.6. The zero-order chi connectivity index (χ0) is 10.1. The molecular formula is C11H16N2O. The molecule has 3 heteroatoms. The second kappa shape index (κ2) is 3.56. The fraction of sp³-hybridized carbons (Fsp3) is 0.636. The monoisotopic (exact) mass is 192 g/mol. The molecule has 0 spiro atoms. The summed E-state index contributed by atoms with van der Waals surface area (Å²) in [6, 6.07) is 0. The van der Waals surface area contributed by atoms with E-state index < -0.39 is 0 Å². The average Bonchev–Trinajstić information content (AvgIpc) is 2.00. The normalized spacial score (nSPS) is 16.7. The van der Waals surface area contributed by atoms with E-state index in [1.54, 1.807) is 0 Å². The smallest absolute Gasteiger partial charge is 0.254 e. The third kappa shape index (κ3) is 1.47. The SMILES string of the molecule is CCc1c(C)nc(C2CCC2)[nH]c1=O. The van der Waals surface area contributed by atoms with Crippen molar-refractivity contribution >= 4 is 0 Å². The van der Waals surface area contributed by atoms with Crippen LogP contribution in [0.2, 0.25) is 0 Å². The molecule has 0 atom stereocenters. The molecule has 1 saturated carbocycles. The lowest BCUT2D eigenvalue weighted by Gasteiger charge is -2.24. The lowest BCUT2D eigenvalue weighted by molar-refractivity contribution is 0.399. The fourth-order valence-electron chi connectivity index (χ4n) is 1.92. The van der Waals surface area contributed by atoms with Gasteiger partial charge in [0, 0.05) is 17.2 Å². The molecule has 1 aromatic heterocycles. The minimum Gasteiger partial charge on any atom is -0.310 e. The Morgan fingerprint density at radius 1 is 1.50 bits per heavy atom. The van der Waals surface area contributed by atoms with Gasteiger partial charge in [-0.3, -0.25) is 4.79 Å². The Morgan fingerprint density at radius 3 is 2.64 bits per heavy atom. The zero-order valence-electron chi connectivity index (χ0n) is 8.76. The third-order valence-corrected chi connectivity index (χ3v) is 3.09. The molecule has 0 radical (unpaired) electrons. The lowest BCUT2D eigenvalue weighted by Crippen LogP contribution is -2.22. The molecule has 0 aliphatic heterocycles. The average molecular weight is 192 g/mol. The first-order valence-electron chi connectivity index (χ1n) is 5.32. The van der Waals surface area contributed by atoms with Crippen molar-refractivity contribution in [3.05, 3.63) is 27.4 Å². The Morgan fingerprint density at radius 2 is 2.21 bits per heavy atom. The topological polar surface area (TPSA) is 45.8 Å². The van der Waals surface area contributed by atoms with Crippen LogP contribution in [0.25, 0.3) is 0 Å². The van der Waals surface area contributed by atoms with Crippen molar-refractivity contribution in [2.75, 3.05) is 0 Å². The summed E-state index contributed by atoms with van der Waals surface area (Å²) in [5, 5.41) is 0. The van der Waals surface area contributed by atoms with Crippen LogP contribution in [-0.4, -0.2) is 9.97 Å². The summed E-state index contributed by atoms with van der Waals surface area (Å²) in [5.74, 6) is 1.41. The number of H-pyrrole nitrogens is 1. The summed E-state index contributed by atoms with van der Waals surface area (Å²) in [7, 11) is 0. The minimum atomic E-state index is 0.0573. The van der Waals surface area contributed by atoms with Crippen molar-refractivity contribution in [1.29, 1.82) is 0 Å². The van der Waals surface area contributed by atoms with Gasteiger partial charge >= 0.3 is 0 Å². The number of aryl methyl sites for hydroxylation is 1. The molecule has 1 N–H and O–H groups in total. The highest BCUT2D eigenvalue weighted by Crippen LogP contribution is 2.33. The molecular weight excluding hydrogens is 176 g/mol. The Hall–Kier alpha value is -1.12. The van der Waals surface area contributed by atoms with E-state index in [1.165, 1.54) is 19.3 Å². The van der Waals surface area contributed by atoms with Crippen molar-refractivity contribution in [1.82, 2.24) is 9.97 Å². The van der Waals surface area contributed by atoms with Crippen LogP contribution in [0.4, 0.5) is 0 Å². The number of hydrogen-bond acceptors (Lipinski definition) is 2. The molecule has 0 aromatic carbocycles. The van der Waals surface area contributed by atoms with Crippen LogP contribution in [0, 0.1) is 6.92 Å². The maximum Gasteiger partial charge on any atom is 0.254 e. The van der Waals surface area contributed by atoms with Gasteiger partial charge in [0.15, 0.2) is 0 Å². The first-order valence-corrected chi connectivity index (χ1v) is 5.32. The first-order chi connectivity index (χ1) is 6.72. The van der Waals surface area contributed by atoms with E-state index in [0.29, 0.717) is 5.92 Å². The number of hydrogen-bond donors (Lipinski definition) is 1. The zero-order valence-corrected chi connectivity index (χ0v) is 8.76. The number of aromatic amines is 1. The summed E-state index contributed by atoms with van der Waals surface area (Å²) < 4.78 is 0. The Labute approximate surface area is 83.6 Å². The molecule has 1 aliphatic carbocycles. The molecule has 1 fully saturated rings. The van der Waals surface area contributed by atoms with E-state index in [0.717, 1.165) is 23.5 Å². The van der Waals surface area contributed by atoms with Crippen LogP contribution in [0.15, 0.2) is 4.79 Å². The number of aromatic nitrogens is 2. The molecule has 3 nitrogen and oxygen atoms in total. The first kappa shape index (κ1) is 9.44. The molecule has 0 bridgehead atoms. The molecule has 0 amide bonds. The largest absolute Gasteiger partial charge is 0.310 e. The second-order valence-corrected chi connectivity index (χ2v) is 4.00. The van der Waals surface area contributed by atoms with Crippen LogP contribution in [0.5, 0.6) is 0 Å². The molecule has 0 unspecified atom stereocenters. The van der Waals surface area contributed by atoms with Gasteiger partial charge in [-0.1, -0.05) is 13.3 Å². The van der Waals surface area contributed by atoms with E-state index in [4.69, 9.17) is 0 Å². The van der Waals surface area contributed by atoms with Gasteiger partial charge in [0.25, 0.3) is 5.56 Å². The number of nitrogens with one attached hydrogen (secondary N) is 1. The van der Waals surface area contributed by atoms with E-state index >= 15 is 0 Å². The standard InChI is InChI=1S/C11H16N2O/c1-3-9-7(2)12-10(13-11(9)14)8-5-4-6-8/h8H,3-6H2,1-2H3,(H,12,13,14). The Kier molecular flexibility index (Phi) is 2.40. The van der Waals surface area contributed by atoms with Crippen LogP contribution in [0.3, 0.4) is 0 Å². The summed E-state index contributed by atoms with van der Waals surface area (Å²) in [6.45, 7) is 3.92. The van der Waals surface area contributed by atoms with Gasteiger partial charge in [-0.05, 0) is 26.2 Å². The number of nitrogens with zero attached hydrogens (tertiary/aromatic N) is 1. The van der Waals surface area contributed by atoms with Gasteiger partial charge in [0.1, 0.15) is 5.82 Å². The van der Waals surface area contributed by atoms with Gasteiger partial charge in [0.2, 0.25) is 0 Å². The highest BCUT2D eigenvalue weighted by molar-refractivity contribution is 5.18. The van der Waals surface area contributed by atoms with E-state index in [2.05, 4.69) is 9.97 Å². The summed E-state index contributed by atoms with van der Waals surface area (Å²) >= 11 is 0.